The summed E-state index contributed by atoms with van der Waals surface area (Å²) in [6.07, 6.45) is 1.59. The first-order valence-electron chi connectivity index (χ1n) is 8.64. The highest BCUT2D eigenvalue weighted by Crippen LogP contribution is 2.31. The molecule has 1 atom stereocenters. The molecule has 28 heavy (non-hydrogen) atoms. The van der Waals surface area contributed by atoms with Gasteiger partial charge in [0, 0.05) is 11.6 Å². The Morgan fingerprint density at radius 2 is 2.00 bits per heavy atom. The average Bonchev–Trinajstić information content (AvgIpc) is 2.68. The molecule has 3 aromatic rings. The number of aromatic nitrogens is 2. The Bertz CT molecular complexity index is 1180. The second-order valence-electron chi connectivity index (χ2n) is 6.13. The van der Waals surface area contributed by atoms with Gasteiger partial charge < -0.3 is 9.72 Å². The van der Waals surface area contributed by atoms with Crippen molar-refractivity contribution in [2.24, 2.45) is 5.10 Å². The number of para-hydroxylation sites is 2. The van der Waals surface area contributed by atoms with E-state index in [9.17, 15) is 19.7 Å². The number of fused-ring (bicyclic) bond motifs is 1. The van der Waals surface area contributed by atoms with Crippen molar-refractivity contribution in [1.29, 1.82) is 0 Å². The third-order valence-corrected chi connectivity index (χ3v) is 4.21. The van der Waals surface area contributed by atoms with Gasteiger partial charge in [-0.15, -0.1) is 4.68 Å². The molecule has 0 saturated carbocycles. The zero-order valence-corrected chi connectivity index (χ0v) is 15.3. The lowest BCUT2D eigenvalue weighted by molar-refractivity contribution is -0.386. The lowest BCUT2D eigenvalue weighted by Gasteiger charge is -2.14. The maximum absolute atomic E-state index is 12.5. The molecule has 0 spiro atoms. The van der Waals surface area contributed by atoms with E-state index in [1.54, 1.807) is 37.3 Å². The van der Waals surface area contributed by atoms with Crippen molar-refractivity contribution < 1.29 is 9.66 Å². The number of benzene rings is 2. The minimum atomic E-state index is -0.713. The van der Waals surface area contributed by atoms with E-state index in [4.69, 9.17) is 4.74 Å². The van der Waals surface area contributed by atoms with Gasteiger partial charge in [-0.05, 0) is 31.5 Å². The number of nitrogens with one attached hydrogen (secondary N) is 1. The number of nitro groups is 1. The molecular formula is C19H18N4O5. The first-order valence-corrected chi connectivity index (χ1v) is 8.64. The van der Waals surface area contributed by atoms with E-state index in [0.717, 1.165) is 0 Å². The van der Waals surface area contributed by atoms with E-state index in [0.29, 0.717) is 22.0 Å². The first kappa shape index (κ1) is 19.0. The monoisotopic (exact) mass is 382 g/mol. The van der Waals surface area contributed by atoms with Gasteiger partial charge in [0.15, 0.2) is 0 Å². The Balaban J connectivity index is 2.12. The molecular weight excluding hydrogens is 364 g/mol. The molecule has 0 fully saturated rings. The normalized spacial score (nSPS) is 12.4. The van der Waals surface area contributed by atoms with Crippen molar-refractivity contribution in [3.05, 3.63) is 79.0 Å². The predicted octanol–water partition coefficient (Wildman–Crippen LogP) is 2.66. The van der Waals surface area contributed by atoms with Crippen LogP contribution in [0.1, 0.15) is 25.8 Å². The smallest absolute Gasteiger partial charge is 0.349 e. The summed E-state index contributed by atoms with van der Waals surface area (Å²) in [4.78, 5) is 38.1. The Hall–Kier alpha value is -3.75. The Kier molecular flexibility index (Phi) is 5.35. The Morgan fingerprint density at radius 1 is 1.25 bits per heavy atom. The van der Waals surface area contributed by atoms with Crippen LogP contribution >= 0.6 is 0 Å². The topological polar surface area (TPSA) is 120 Å². The predicted molar refractivity (Wildman–Crippen MR) is 105 cm³/mol. The lowest BCUT2D eigenvalue weighted by Crippen LogP contribution is -2.32. The van der Waals surface area contributed by atoms with Gasteiger partial charge in [-0.25, -0.2) is 4.79 Å². The summed E-state index contributed by atoms with van der Waals surface area (Å²) >= 11 is 0. The molecule has 9 heteroatoms. The molecule has 1 heterocycles. The number of hydrogen-bond donors (Lipinski definition) is 1. The Morgan fingerprint density at radius 3 is 2.71 bits per heavy atom. The first-order chi connectivity index (χ1) is 13.4. The average molecular weight is 382 g/mol. The molecule has 0 saturated heterocycles. The fourth-order valence-electron chi connectivity index (χ4n) is 2.58. The molecule has 0 amide bonds. The van der Waals surface area contributed by atoms with Crippen LogP contribution < -0.4 is 16.0 Å². The molecule has 0 aliphatic carbocycles. The van der Waals surface area contributed by atoms with Crippen LogP contribution in [0.4, 0.5) is 5.69 Å². The number of nitro benzene ring substituents is 1. The van der Waals surface area contributed by atoms with Crippen LogP contribution in [0.25, 0.3) is 10.9 Å². The summed E-state index contributed by atoms with van der Waals surface area (Å²) in [6.45, 7) is 3.68. The standard InChI is InChI=1S/C19H18N4O5/c1-3-12(2)28-17-13(7-6-10-16(17)23(26)27)11-20-22-18(24)14-8-4-5-9-15(14)21-19(22)25/h4-12H,3H2,1-2H3,(H,21,25). The van der Waals surface area contributed by atoms with Crippen LogP contribution in [0.5, 0.6) is 5.75 Å². The molecule has 2 aromatic carbocycles. The number of rotatable bonds is 6. The third-order valence-electron chi connectivity index (χ3n) is 4.21. The zero-order chi connectivity index (χ0) is 20.3. The highest BCUT2D eigenvalue weighted by Gasteiger charge is 2.20. The van der Waals surface area contributed by atoms with Crippen molar-refractivity contribution in [1.82, 2.24) is 9.66 Å². The van der Waals surface area contributed by atoms with Crippen molar-refractivity contribution in [2.75, 3.05) is 0 Å². The van der Waals surface area contributed by atoms with Gasteiger partial charge in [-0.2, -0.15) is 5.10 Å². The number of hydrogen-bond acceptors (Lipinski definition) is 6. The maximum Gasteiger partial charge on any atom is 0.349 e. The second kappa shape index (κ2) is 7.87. The molecule has 3 rings (SSSR count). The highest BCUT2D eigenvalue weighted by atomic mass is 16.6. The summed E-state index contributed by atoms with van der Waals surface area (Å²) < 4.78 is 6.37. The quantitative estimate of drug-likeness (QED) is 0.399. The van der Waals surface area contributed by atoms with Crippen molar-refractivity contribution in [2.45, 2.75) is 26.4 Å². The van der Waals surface area contributed by atoms with Crippen LogP contribution in [-0.2, 0) is 0 Å². The van der Waals surface area contributed by atoms with E-state index < -0.39 is 16.2 Å². The minimum absolute atomic E-state index is 0.0378. The van der Waals surface area contributed by atoms with Gasteiger partial charge in [-0.3, -0.25) is 14.9 Å². The molecule has 144 valence electrons. The van der Waals surface area contributed by atoms with Crippen molar-refractivity contribution >= 4 is 22.8 Å². The summed E-state index contributed by atoms with van der Waals surface area (Å²) in [6, 6.07) is 10.9. The molecule has 9 nitrogen and oxygen atoms in total. The molecule has 0 radical (unpaired) electrons. The number of H-pyrrole nitrogens is 1. The van der Waals surface area contributed by atoms with Gasteiger partial charge in [0.1, 0.15) is 0 Å². The number of ether oxygens (including phenoxy) is 1. The molecule has 0 aliphatic heterocycles. The van der Waals surface area contributed by atoms with Gasteiger partial charge >= 0.3 is 11.4 Å². The SMILES string of the molecule is CCC(C)Oc1c(C=Nn2c(=O)[nH]c3ccccc3c2=O)cccc1[N+](=O)[O-]. The minimum Gasteiger partial charge on any atom is -0.483 e. The van der Waals surface area contributed by atoms with Gasteiger partial charge in [0.25, 0.3) is 5.56 Å². The summed E-state index contributed by atoms with van der Waals surface area (Å²) in [5.74, 6) is 0.0378. The van der Waals surface area contributed by atoms with Crippen LogP contribution in [0.2, 0.25) is 0 Å². The fourth-order valence-corrected chi connectivity index (χ4v) is 2.58. The van der Waals surface area contributed by atoms with Crippen LogP contribution in [0, 0.1) is 10.1 Å². The highest BCUT2D eigenvalue weighted by molar-refractivity contribution is 5.86. The van der Waals surface area contributed by atoms with E-state index in [-0.39, 0.29) is 23.1 Å². The van der Waals surface area contributed by atoms with Gasteiger partial charge in [0.2, 0.25) is 5.75 Å². The van der Waals surface area contributed by atoms with E-state index in [2.05, 4.69) is 10.1 Å². The fraction of sp³-hybridized carbons (Fsp3) is 0.211. The third kappa shape index (κ3) is 3.68. The molecule has 0 bridgehead atoms. The summed E-state index contributed by atoms with van der Waals surface area (Å²) in [5.41, 5.74) is -0.835. The molecule has 1 N–H and O–H groups in total. The Labute approximate surface area is 159 Å². The largest absolute Gasteiger partial charge is 0.483 e. The van der Waals surface area contributed by atoms with E-state index >= 15 is 0 Å². The molecule has 1 aromatic heterocycles. The van der Waals surface area contributed by atoms with Crippen LogP contribution in [0.3, 0.4) is 0 Å². The second-order valence-corrected chi connectivity index (χ2v) is 6.13. The van der Waals surface area contributed by atoms with E-state index in [1.807, 2.05) is 6.92 Å². The van der Waals surface area contributed by atoms with Gasteiger partial charge in [0.05, 0.1) is 28.1 Å². The summed E-state index contributed by atoms with van der Waals surface area (Å²) in [7, 11) is 0. The summed E-state index contributed by atoms with van der Waals surface area (Å²) in [5, 5.41) is 15.6. The van der Waals surface area contributed by atoms with Crippen molar-refractivity contribution in [3.63, 3.8) is 0 Å². The number of aromatic amines is 1. The molecule has 1 unspecified atom stereocenters. The van der Waals surface area contributed by atoms with Gasteiger partial charge in [-0.1, -0.05) is 25.1 Å². The molecule has 0 aliphatic rings. The van der Waals surface area contributed by atoms with E-state index in [1.165, 1.54) is 18.3 Å². The van der Waals surface area contributed by atoms with Crippen LogP contribution in [0.15, 0.2) is 57.2 Å². The van der Waals surface area contributed by atoms with Crippen LogP contribution in [-0.4, -0.2) is 26.9 Å². The van der Waals surface area contributed by atoms with Crippen molar-refractivity contribution in [3.8, 4) is 5.75 Å². The zero-order valence-electron chi connectivity index (χ0n) is 15.3. The number of nitrogens with zero attached hydrogens (tertiary/aromatic N) is 3. The maximum atomic E-state index is 12.5. The lowest BCUT2D eigenvalue weighted by atomic mass is 10.2.